The molecule has 126 valence electrons. The lowest BCUT2D eigenvalue weighted by Crippen LogP contribution is -2.27. The van der Waals surface area contributed by atoms with E-state index in [-0.39, 0.29) is 25.1 Å². The summed E-state index contributed by atoms with van der Waals surface area (Å²) in [5, 5.41) is 2.34. The molecule has 1 N–H and O–H groups in total. The average molecular weight is 337 g/mol. The summed E-state index contributed by atoms with van der Waals surface area (Å²) < 4.78 is 44.1. The smallest absolute Gasteiger partial charge is 0.307 e. The Kier molecular flexibility index (Phi) is 5.95. The first-order valence-electron chi connectivity index (χ1n) is 7.09. The highest BCUT2D eigenvalue weighted by atomic mass is 19.1. The van der Waals surface area contributed by atoms with Gasteiger partial charge in [0.05, 0.1) is 12.0 Å². The average Bonchev–Trinajstić information content (AvgIpc) is 2.53. The zero-order valence-electron chi connectivity index (χ0n) is 12.5. The van der Waals surface area contributed by atoms with Crippen molar-refractivity contribution in [2.45, 2.75) is 13.0 Å². The molecule has 2 rings (SSSR count). The molecule has 0 aromatic heterocycles. The molecule has 0 radical (unpaired) electrons. The summed E-state index contributed by atoms with van der Waals surface area (Å²) in [6.07, 6.45) is -0.135. The topological polar surface area (TPSA) is 55.4 Å². The van der Waals surface area contributed by atoms with Crippen LogP contribution < -0.4 is 5.32 Å². The van der Waals surface area contributed by atoms with Gasteiger partial charge in [-0.1, -0.05) is 12.1 Å². The fourth-order valence-electron chi connectivity index (χ4n) is 1.91. The number of ether oxygens (including phenoxy) is 1. The van der Waals surface area contributed by atoms with Crippen molar-refractivity contribution in [2.75, 3.05) is 6.54 Å². The van der Waals surface area contributed by atoms with E-state index < -0.39 is 29.3 Å². The van der Waals surface area contributed by atoms with E-state index in [9.17, 15) is 22.8 Å². The molecule has 7 heteroatoms. The molecule has 0 spiro atoms. The van der Waals surface area contributed by atoms with Gasteiger partial charge < -0.3 is 10.1 Å². The lowest BCUT2D eigenvalue weighted by Gasteiger charge is -2.07. The predicted molar refractivity (Wildman–Crippen MR) is 79.5 cm³/mol. The molecule has 2 aromatic carbocycles. The number of amides is 1. The van der Waals surface area contributed by atoms with Crippen molar-refractivity contribution in [3.63, 3.8) is 0 Å². The standard InChI is InChI=1S/C17H14F3NO3/c18-12-3-1-2-11(8-12)10-24-16(22)6-7-21-17(23)14-5-4-13(19)9-15(14)20/h1-5,8-9H,6-7,10H2,(H,21,23). The Labute approximate surface area is 136 Å². The van der Waals surface area contributed by atoms with Gasteiger partial charge in [0.15, 0.2) is 0 Å². The maximum Gasteiger partial charge on any atom is 0.307 e. The summed E-state index contributed by atoms with van der Waals surface area (Å²) in [6, 6.07) is 8.20. The van der Waals surface area contributed by atoms with Crippen molar-refractivity contribution >= 4 is 11.9 Å². The van der Waals surface area contributed by atoms with E-state index in [2.05, 4.69) is 5.32 Å². The quantitative estimate of drug-likeness (QED) is 0.825. The van der Waals surface area contributed by atoms with Crippen molar-refractivity contribution in [3.8, 4) is 0 Å². The van der Waals surface area contributed by atoms with Crippen LogP contribution in [0.4, 0.5) is 13.2 Å². The van der Waals surface area contributed by atoms with Gasteiger partial charge >= 0.3 is 5.97 Å². The van der Waals surface area contributed by atoms with Crippen molar-refractivity contribution in [1.29, 1.82) is 0 Å². The van der Waals surface area contributed by atoms with Crippen LogP contribution in [0.15, 0.2) is 42.5 Å². The van der Waals surface area contributed by atoms with Crippen LogP contribution in [-0.4, -0.2) is 18.4 Å². The monoisotopic (exact) mass is 337 g/mol. The van der Waals surface area contributed by atoms with E-state index >= 15 is 0 Å². The molecule has 0 saturated carbocycles. The summed E-state index contributed by atoms with van der Waals surface area (Å²) in [5.41, 5.74) is 0.185. The van der Waals surface area contributed by atoms with Gasteiger partial charge in [0.1, 0.15) is 24.1 Å². The summed E-state index contributed by atoms with van der Waals surface area (Å²) >= 11 is 0. The molecule has 0 atom stereocenters. The van der Waals surface area contributed by atoms with Crippen LogP contribution in [0.1, 0.15) is 22.3 Å². The molecule has 0 aliphatic carbocycles. The normalized spacial score (nSPS) is 10.3. The highest BCUT2D eigenvalue weighted by molar-refractivity contribution is 5.94. The molecule has 24 heavy (non-hydrogen) atoms. The van der Waals surface area contributed by atoms with E-state index in [1.54, 1.807) is 6.07 Å². The molecule has 0 unspecified atom stereocenters. The highest BCUT2D eigenvalue weighted by Crippen LogP contribution is 2.09. The second-order valence-corrected chi connectivity index (χ2v) is 4.92. The van der Waals surface area contributed by atoms with Gasteiger partial charge in [0.2, 0.25) is 0 Å². The maximum absolute atomic E-state index is 13.4. The van der Waals surface area contributed by atoms with Crippen LogP contribution in [0.25, 0.3) is 0 Å². The summed E-state index contributed by atoms with van der Waals surface area (Å²) in [7, 11) is 0. The molecule has 4 nitrogen and oxygen atoms in total. The number of carbonyl (C=O) groups excluding carboxylic acids is 2. The Balaban J connectivity index is 1.75. The van der Waals surface area contributed by atoms with Gasteiger partial charge in [-0.3, -0.25) is 9.59 Å². The van der Waals surface area contributed by atoms with Gasteiger partial charge in [-0.25, -0.2) is 13.2 Å². The van der Waals surface area contributed by atoms with Crippen LogP contribution >= 0.6 is 0 Å². The third-order valence-corrected chi connectivity index (χ3v) is 3.08. The van der Waals surface area contributed by atoms with E-state index in [0.29, 0.717) is 11.6 Å². The summed E-state index contributed by atoms with van der Waals surface area (Å²) in [4.78, 5) is 23.2. The Morgan fingerprint density at radius 2 is 1.75 bits per heavy atom. The largest absolute Gasteiger partial charge is 0.461 e. The van der Waals surface area contributed by atoms with Crippen LogP contribution in [-0.2, 0) is 16.1 Å². The molecular weight excluding hydrogens is 323 g/mol. The Hall–Kier alpha value is -2.83. The fraction of sp³-hybridized carbons (Fsp3) is 0.176. The third kappa shape index (κ3) is 5.12. The number of benzene rings is 2. The van der Waals surface area contributed by atoms with Crippen LogP contribution in [0.2, 0.25) is 0 Å². The lowest BCUT2D eigenvalue weighted by atomic mass is 10.2. The minimum Gasteiger partial charge on any atom is -0.461 e. The molecule has 0 aliphatic rings. The molecule has 0 heterocycles. The summed E-state index contributed by atoms with van der Waals surface area (Å²) in [6.45, 7) is -0.158. The van der Waals surface area contributed by atoms with Gasteiger partial charge in [0, 0.05) is 12.6 Å². The van der Waals surface area contributed by atoms with E-state index in [1.807, 2.05) is 0 Å². The Morgan fingerprint density at radius 1 is 1.00 bits per heavy atom. The second-order valence-electron chi connectivity index (χ2n) is 4.92. The first-order chi connectivity index (χ1) is 11.5. The number of nitrogens with one attached hydrogen (secondary N) is 1. The molecule has 2 aromatic rings. The molecule has 0 bridgehead atoms. The zero-order valence-corrected chi connectivity index (χ0v) is 12.5. The zero-order chi connectivity index (χ0) is 17.5. The van der Waals surface area contributed by atoms with Crippen molar-refractivity contribution < 1.29 is 27.5 Å². The summed E-state index contributed by atoms with van der Waals surface area (Å²) in [5.74, 6) is -3.56. The number of hydrogen-bond donors (Lipinski definition) is 1. The molecular formula is C17H14F3NO3. The first-order valence-corrected chi connectivity index (χ1v) is 7.09. The number of esters is 1. The van der Waals surface area contributed by atoms with Crippen LogP contribution in [0.5, 0.6) is 0 Å². The molecule has 0 saturated heterocycles. The Bertz CT molecular complexity index is 750. The second kappa shape index (κ2) is 8.14. The third-order valence-electron chi connectivity index (χ3n) is 3.08. The van der Waals surface area contributed by atoms with Gasteiger partial charge in [-0.05, 0) is 29.8 Å². The van der Waals surface area contributed by atoms with E-state index in [1.165, 1.54) is 18.2 Å². The lowest BCUT2D eigenvalue weighted by molar-refractivity contribution is -0.144. The van der Waals surface area contributed by atoms with Crippen LogP contribution in [0.3, 0.4) is 0 Å². The number of halogens is 3. The molecule has 1 amide bonds. The number of hydrogen-bond acceptors (Lipinski definition) is 3. The highest BCUT2D eigenvalue weighted by Gasteiger charge is 2.13. The first kappa shape index (κ1) is 17.5. The minimum atomic E-state index is -0.985. The predicted octanol–water partition coefficient (Wildman–Crippen LogP) is 2.97. The fourth-order valence-corrected chi connectivity index (χ4v) is 1.91. The van der Waals surface area contributed by atoms with Crippen LogP contribution in [0, 0.1) is 17.5 Å². The van der Waals surface area contributed by atoms with Gasteiger partial charge in [-0.15, -0.1) is 0 Å². The van der Waals surface area contributed by atoms with Crippen molar-refractivity contribution in [3.05, 3.63) is 71.0 Å². The molecule has 0 fully saturated rings. The Morgan fingerprint density at radius 3 is 2.46 bits per heavy atom. The maximum atomic E-state index is 13.4. The SMILES string of the molecule is O=C(CCNC(=O)c1ccc(F)cc1F)OCc1cccc(F)c1. The van der Waals surface area contributed by atoms with Crippen molar-refractivity contribution in [1.82, 2.24) is 5.32 Å². The molecule has 0 aliphatic heterocycles. The van der Waals surface area contributed by atoms with E-state index in [0.717, 1.165) is 12.1 Å². The van der Waals surface area contributed by atoms with Crippen molar-refractivity contribution in [2.24, 2.45) is 0 Å². The minimum absolute atomic E-state index is 0.0718. The number of carbonyl (C=O) groups is 2. The van der Waals surface area contributed by atoms with E-state index in [4.69, 9.17) is 4.74 Å². The number of rotatable bonds is 6. The van der Waals surface area contributed by atoms with Gasteiger partial charge in [-0.2, -0.15) is 0 Å². The van der Waals surface area contributed by atoms with Gasteiger partial charge in [0.25, 0.3) is 5.91 Å².